The van der Waals surface area contributed by atoms with Gasteiger partial charge in [0.05, 0.1) is 4.90 Å². The van der Waals surface area contributed by atoms with Crippen LogP contribution >= 0.6 is 0 Å². The number of amides is 2. The average Bonchev–Trinajstić information content (AvgIpc) is 2.69. The fourth-order valence-corrected chi connectivity index (χ4v) is 6.37. The third kappa shape index (κ3) is 5.69. The molecule has 8 heteroatoms. The molecule has 162 valence electrons. The summed E-state index contributed by atoms with van der Waals surface area (Å²) in [6.45, 7) is 2.50. The summed E-state index contributed by atoms with van der Waals surface area (Å²) in [7, 11) is -3.69. The molecular weight excluding hydrogens is 393 g/mol. The molecule has 1 saturated heterocycles. The van der Waals surface area contributed by atoms with Gasteiger partial charge in [0.25, 0.3) is 0 Å². The molecule has 0 radical (unpaired) electrons. The van der Waals surface area contributed by atoms with Crippen molar-refractivity contribution in [2.24, 2.45) is 0 Å². The molecule has 1 saturated carbocycles. The Balaban J connectivity index is 1.58. The number of carbonyl (C=O) groups is 1. The highest BCUT2D eigenvalue weighted by Crippen LogP contribution is 2.28. The number of carbonyl (C=O) groups excluding carboxylic acids is 1. The van der Waals surface area contributed by atoms with Crippen molar-refractivity contribution < 1.29 is 17.6 Å². The van der Waals surface area contributed by atoms with Crippen molar-refractivity contribution in [3.05, 3.63) is 29.6 Å². The molecule has 2 aliphatic rings. The maximum absolute atomic E-state index is 13.4. The first-order chi connectivity index (χ1) is 13.9. The smallest absolute Gasteiger partial charge is 0.315 e. The molecule has 0 bridgehead atoms. The Kier molecular flexibility index (Phi) is 7.51. The van der Waals surface area contributed by atoms with Gasteiger partial charge >= 0.3 is 6.03 Å². The van der Waals surface area contributed by atoms with Gasteiger partial charge in [0, 0.05) is 25.2 Å². The van der Waals surface area contributed by atoms with Crippen LogP contribution in [-0.2, 0) is 10.0 Å². The first kappa shape index (κ1) is 22.0. The lowest BCUT2D eigenvalue weighted by Gasteiger charge is -2.35. The number of halogens is 1. The van der Waals surface area contributed by atoms with Gasteiger partial charge in [-0.05, 0) is 62.8 Å². The number of hydrogen-bond donors (Lipinski definition) is 2. The van der Waals surface area contributed by atoms with Gasteiger partial charge in [0.1, 0.15) is 5.82 Å². The largest absolute Gasteiger partial charge is 0.338 e. The van der Waals surface area contributed by atoms with Crippen LogP contribution in [0.1, 0.15) is 63.4 Å². The number of piperidine rings is 1. The third-order valence-electron chi connectivity index (χ3n) is 6.00. The third-order valence-corrected chi connectivity index (χ3v) is 8.11. The molecule has 3 rings (SSSR count). The minimum atomic E-state index is -3.69. The summed E-state index contributed by atoms with van der Waals surface area (Å²) < 4.78 is 41.3. The van der Waals surface area contributed by atoms with Crippen molar-refractivity contribution in [2.45, 2.75) is 81.7 Å². The molecule has 6 nitrogen and oxygen atoms in total. The average molecular weight is 426 g/mol. The van der Waals surface area contributed by atoms with Crippen molar-refractivity contribution in [3.63, 3.8) is 0 Å². The lowest BCUT2D eigenvalue weighted by Crippen LogP contribution is -2.47. The molecule has 1 atom stereocenters. The molecule has 0 aromatic heterocycles. The highest BCUT2D eigenvalue weighted by molar-refractivity contribution is 7.89. The summed E-state index contributed by atoms with van der Waals surface area (Å²) in [5, 5.41) is 5.91. The number of rotatable bonds is 6. The molecule has 1 heterocycles. The number of hydrogen-bond acceptors (Lipinski definition) is 3. The fourth-order valence-electron chi connectivity index (χ4n) is 4.44. The van der Waals surface area contributed by atoms with Gasteiger partial charge in [0.2, 0.25) is 10.0 Å². The molecule has 29 heavy (non-hydrogen) atoms. The van der Waals surface area contributed by atoms with Crippen molar-refractivity contribution in [3.8, 4) is 0 Å². The first-order valence-corrected chi connectivity index (χ1v) is 12.1. The van der Waals surface area contributed by atoms with E-state index in [-0.39, 0.29) is 23.0 Å². The zero-order chi connectivity index (χ0) is 20.9. The molecule has 1 aliphatic carbocycles. The lowest BCUT2D eigenvalue weighted by molar-refractivity contribution is 0.224. The maximum atomic E-state index is 13.4. The topological polar surface area (TPSA) is 78.5 Å². The van der Waals surface area contributed by atoms with E-state index in [1.165, 1.54) is 28.9 Å². The van der Waals surface area contributed by atoms with E-state index in [4.69, 9.17) is 0 Å². The lowest BCUT2D eigenvalue weighted by atomic mass is 9.96. The zero-order valence-corrected chi connectivity index (χ0v) is 17.9. The highest BCUT2D eigenvalue weighted by atomic mass is 32.2. The quantitative estimate of drug-likeness (QED) is 0.729. The van der Waals surface area contributed by atoms with E-state index in [1.807, 2.05) is 0 Å². The van der Waals surface area contributed by atoms with Crippen molar-refractivity contribution in [2.75, 3.05) is 13.1 Å². The van der Waals surface area contributed by atoms with Gasteiger partial charge in [-0.25, -0.2) is 17.6 Å². The molecule has 0 unspecified atom stereocenters. The monoisotopic (exact) mass is 425 g/mol. The van der Waals surface area contributed by atoms with Crippen LogP contribution in [0.4, 0.5) is 9.18 Å². The second kappa shape index (κ2) is 9.89. The van der Waals surface area contributed by atoms with Crippen LogP contribution in [-0.4, -0.2) is 43.9 Å². The normalized spacial score (nSPS) is 21.7. The summed E-state index contributed by atoms with van der Waals surface area (Å²) >= 11 is 0. The number of nitrogens with one attached hydrogen (secondary N) is 2. The van der Waals surface area contributed by atoms with Crippen LogP contribution in [0.15, 0.2) is 23.1 Å². The summed E-state index contributed by atoms with van der Waals surface area (Å²) in [6.07, 6.45) is 8.71. The number of sulfonamides is 1. The standard InChI is InChI=1S/C21H32FN3O3S/c1-16-15-17(22)10-11-20(16)29(27,28)25-14-6-5-9-19(25)12-13-23-21(26)24-18-7-3-2-4-8-18/h10-11,15,18-19H,2-9,12-14H2,1H3,(H2,23,24,26)/t19-/m1/s1. The Bertz CT molecular complexity index is 809. The summed E-state index contributed by atoms with van der Waals surface area (Å²) in [5.41, 5.74) is 0.416. The second-order valence-electron chi connectivity index (χ2n) is 8.20. The Hall–Kier alpha value is -1.67. The fraction of sp³-hybridized carbons (Fsp3) is 0.667. The zero-order valence-electron chi connectivity index (χ0n) is 17.1. The van der Waals surface area contributed by atoms with E-state index >= 15 is 0 Å². The molecule has 1 aromatic carbocycles. The van der Waals surface area contributed by atoms with Gasteiger partial charge < -0.3 is 10.6 Å². The van der Waals surface area contributed by atoms with Crippen LogP contribution in [0.25, 0.3) is 0 Å². The minimum Gasteiger partial charge on any atom is -0.338 e. The molecule has 0 spiro atoms. The van der Waals surface area contributed by atoms with Gasteiger partial charge in [-0.2, -0.15) is 4.31 Å². The van der Waals surface area contributed by atoms with Crippen molar-refractivity contribution in [1.29, 1.82) is 0 Å². The van der Waals surface area contributed by atoms with E-state index in [0.29, 0.717) is 25.1 Å². The van der Waals surface area contributed by atoms with Gasteiger partial charge in [-0.3, -0.25) is 0 Å². The van der Waals surface area contributed by atoms with E-state index in [9.17, 15) is 17.6 Å². The van der Waals surface area contributed by atoms with Crippen molar-refractivity contribution in [1.82, 2.24) is 14.9 Å². The molecular formula is C21H32FN3O3S. The first-order valence-electron chi connectivity index (χ1n) is 10.7. The summed E-state index contributed by atoms with van der Waals surface area (Å²) in [5.74, 6) is -0.440. The van der Waals surface area contributed by atoms with Gasteiger partial charge in [0.15, 0.2) is 0 Å². The van der Waals surface area contributed by atoms with E-state index in [1.54, 1.807) is 6.92 Å². The molecule has 2 N–H and O–H groups in total. The van der Waals surface area contributed by atoms with Gasteiger partial charge in [-0.1, -0.05) is 25.7 Å². The SMILES string of the molecule is Cc1cc(F)ccc1S(=O)(=O)N1CCCC[C@@H]1CCNC(=O)NC1CCCCC1. The van der Waals surface area contributed by atoms with E-state index < -0.39 is 15.8 Å². The van der Waals surface area contributed by atoms with Crippen LogP contribution < -0.4 is 10.6 Å². The minimum absolute atomic E-state index is 0.159. The predicted octanol–water partition coefficient (Wildman–Crippen LogP) is 3.70. The number of benzene rings is 1. The van der Waals surface area contributed by atoms with E-state index in [0.717, 1.165) is 44.9 Å². The Morgan fingerprint density at radius 3 is 2.59 bits per heavy atom. The second-order valence-corrected chi connectivity index (χ2v) is 10.1. The number of nitrogens with zero attached hydrogens (tertiary/aromatic N) is 1. The molecule has 1 aliphatic heterocycles. The Labute approximate surface area is 173 Å². The Morgan fingerprint density at radius 2 is 1.86 bits per heavy atom. The molecule has 2 amide bonds. The summed E-state index contributed by atoms with van der Waals surface area (Å²) in [6, 6.07) is 3.71. The van der Waals surface area contributed by atoms with Crippen LogP contribution in [0.5, 0.6) is 0 Å². The van der Waals surface area contributed by atoms with Crippen molar-refractivity contribution >= 4 is 16.1 Å². The Morgan fingerprint density at radius 1 is 1.14 bits per heavy atom. The predicted molar refractivity (Wildman–Crippen MR) is 111 cm³/mol. The number of aryl methyl sites for hydroxylation is 1. The van der Waals surface area contributed by atoms with Crippen LogP contribution in [0.2, 0.25) is 0 Å². The number of urea groups is 1. The maximum Gasteiger partial charge on any atom is 0.315 e. The van der Waals surface area contributed by atoms with Crippen LogP contribution in [0, 0.1) is 12.7 Å². The highest BCUT2D eigenvalue weighted by Gasteiger charge is 2.34. The molecule has 1 aromatic rings. The van der Waals surface area contributed by atoms with E-state index in [2.05, 4.69) is 10.6 Å². The molecule has 2 fully saturated rings. The summed E-state index contributed by atoms with van der Waals surface area (Å²) in [4.78, 5) is 12.3. The van der Waals surface area contributed by atoms with Gasteiger partial charge in [-0.15, -0.1) is 0 Å². The van der Waals surface area contributed by atoms with Crippen LogP contribution in [0.3, 0.4) is 0 Å².